The van der Waals surface area contributed by atoms with Crippen LogP contribution in [0.15, 0.2) is 71.0 Å². The quantitative estimate of drug-likeness (QED) is 0.0572. The summed E-state index contributed by atoms with van der Waals surface area (Å²) in [7, 11) is -3.01. The number of ether oxygens (including phenoxy) is 4. The van der Waals surface area contributed by atoms with Crippen molar-refractivity contribution in [2.75, 3.05) is 39.6 Å². The minimum absolute atomic E-state index is 0.0321. The lowest BCUT2D eigenvalue weighted by Crippen LogP contribution is -2.41. The third kappa shape index (κ3) is 12.4. The highest BCUT2D eigenvalue weighted by molar-refractivity contribution is 6.76. The molecule has 3 saturated heterocycles. The lowest BCUT2D eigenvalue weighted by Gasteiger charge is -2.32. The van der Waals surface area contributed by atoms with Crippen LogP contribution in [0.5, 0.6) is 0 Å². The van der Waals surface area contributed by atoms with E-state index < -0.39 is 40.3 Å². The Morgan fingerprint density at radius 2 is 1.13 bits per heavy atom. The fourth-order valence-corrected chi connectivity index (χ4v) is 11.1. The van der Waals surface area contributed by atoms with Crippen LogP contribution in [0.3, 0.4) is 0 Å². The Kier molecular flexibility index (Phi) is 17.1. The van der Waals surface area contributed by atoms with Crippen LogP contribution in [0.4, 0.5) is 8.78 Å². The number of halogens is 3. The monoisotopic (exact) mass is 1130 g/mol. The molecule has 0 amide bonds. The summed E-state index contributed by atoms with van der Waals surface area (Å²) in [4.78, 5) is 44.1. The Morgan fingerprint density at radius 1 is 0.667 bits per heavy atom. The molecule has 0 spiro atoms. The Labute approximate surface area is 458 Å². The minimum atomic E-state index is -1.24. The summed E-state index contributed by atoms with van der Waals surface area (Å²) < 4.78 is 72.6. The van der Waals surface area contributed by atoms with E-state index in [4.69, 9.17) is 44.8 Å². The summed E-state index contributed by atoms with van der Waals surface area (Å²) in [5.41, 5.74) is 2.97. The zero-order valence-electron chi connectivity index (χ0n) is 46.2. The second-order valence-electron chi connectivity index (χ2n) is 23.3. The predicted octanol–water partition coefficient (Wildman–Crippen LogP) is 8.39. The van der Waals surface area contributed by atoms with Gasteiger partial charge in [0, 0.05) is 91.9 Å². The van der Waals surface area contributed by atoms with E-state index in [0.29, 0.717) is 89.9 Å². The van der Waals surface area contributed by atoms with E-state index in [0.717, 1.165) is 37.8 Å². The Bertz CT molecular complexity index is 3510. The zero-order chi connectivity index (χ0) is 55.7. The Morgan fingerprint density at radius 3 is 1.64 bits per heavy atom. The molecular weight excluding hydrogens is 1060 g/mol. The molecule has 0 bridgehead atoms. The molecule has 418 valence electrons. The smallest absolute Gasteiger partial charge is 0.399 e. The predicted molar refractivity (Wildman–Crippen MR) is 300 cm³/mol. The molecule has 3 fully saturated rings. The molecule has 0 aliphatic carbocycles. The number of nitrogens with zero attached hydrogens (tertiary/aromatic N) is 12. The zero-order valence-corrected chi connectivity index (χ0v) is 48.9. The summed E-state index contributed by atoms with van der Waals surface area (Å²) in [6.07, 6.45) is 12.8. The summed E-state index contributed by atoms with van der Waals surface area (Å²) in [6, 6.07) is 8.10. The van der Waals surface area contributed by atoms with Gasteiger partial charge in [-0.05, 0) is 101 Å². The molecule has 0 atom stereocenters. The Hall–Kier alpha value is -5.51. The third-order valence-corrected chi connectivity index (χ3v) is 18.3. The number of pyridine rings is 2. The van der Waals surface area contributed by atoms with Gasteiger partial charge in [0.15, 0.2) is 17.1 Å². The lowest BCUT2D eigenvalue weighted by molar-refractivity contribution is 0.00578. The maximum atomic E-state index is 14.6. The highest BCUT2D eigenvalue weighted by Gasteiger charge is 2.52. The van der Waals surface area contributed by atoms with E-state index in [1.807, 2.05) is 27.7 Å². The summed E-state index contributed by atoms with van der Waals surface area (Å²) >= 11 is 5.97. The van der Waals surface area contributed by atoms with E-state index in [9.17, 15) is 18.4 Å². The molecule has 0 radical (unpaired) electrons. The van der Waals surface area contributed by atoms with Gasteiger partial charge >= 0.3 is 18.5 Å². The van der Waals surface area contributed by atoms with Crippen molar-refractivity contribution in [3.05, 3.63) is 99.3 Å². The molecule has 0 unspecified atom stereocenters. The van der Waals surface area contributed by atoms with E-state index >= 15 is 0 Å². The summed E-state index contributed by atoms with van der Waals surface area (Å²) in [5, 5.41) is 8.51. The van der Waals surface area contributed by atoms with Gasteiger partial charge < -0.3 is 28.3 Å². The number of hydrogen-bond donors (Lipinski definition) is 0. The van der Waals surface area contributed by atoms with Gasteiger partial charge in [-0.1, -0.05) is 39.3 Å². The van der Waals surface area contributed by atoms with Crippen molar-refractivity contribution in [2.45, 2.75) is 141 Å². The topological polar surface area (TPSA) is 195 Å². The van der Waals surface area contributed by atoms with Crippen molar-refractivity contribution in [3.8, 4) is 11.4 Å². The second kappa shape index (κ2) is 23.3. The number of hydrogen-bond acceptors (Lipinski definition) is 14. The fraction of sp³-hybridized carbons (Fsp3) is 0.538. The van der Waals surface area contributed by atoms with Crippen LogP contribution in [-0.2, 0) is 41.7 Å². The summed E-state index contributed by atoms with van der Waals surface area (Å²) in [5.74, 6) is -0.413. The van der Waals surface area contributed by atoms with Crippen LogP contribution in [-0.4, -0.2) is 132 Å². The van der Waals surface area contributed by atoms with Crippen molar-refractivity contribution >= 4 is 73.7 Å². The van der Waals surface area contributed by atoms with E-state index in [-0.39, 0.29) is 48.0 Å². The molecule has 8 aromatic heterocycles. The number of aromatic nitrogens is 12. The van der Waals surface area contributed by atoms with Crippen molar-refractivity contribution in [1.29, 1.82) is 0 Å². The molecular formula is C52H70BClF2N12O8Si2. The van der Waals surface area contributed by atoms with Crippen molar-refractivity contribution in [3.63, 3.8) is 0 Å². The molecule has 0 N–H and O–H groups in total. The molecule has 3 aliphatic heterocycles. The molecule has 8 aromatic rings. The van der Waals surface area contributed by atoms with Crippen molar-refractivity contribution in [1.82, 2.24) is 57.4 Å². The fourth-order valence-electron chi connectivity index (χ4n) is 9.42. The first-order valence-electron chi connectivity index (χ1n) is 26.5. The molecule has 78 heavy (non-hydrogen) atoms. The summed E-state index contributed by atoms with van der Waals surface area (Å²) in [6.45, 7) is 25.7. The van der Waals surface area contributed by atoms with Crippen LogP contribution in [0.25, 0.3) is 44.7 Å². The molecule has 11 rings (SSSR count). The third-order valence-electron chi connectivity index (χ3n) is 14.7. The average molecular weight is 1130 g/mol. The van der Waals surface area contributed by atoms with Crippen molar-refractivity contribution < 1.29 is 37.0 Å². The van der Waals surface area contributed by atoms with Crippen LogP contribution in [0, 0.1) is 11.6 Å². The van der Waals surface area contributed by atoms with Gasteiger partial charge in [0.2, 0.25) is 5.28 Å². The van der Waals surface area contributed by atoms with Gasteiger partial charge in [-0.2, -0.15) is 15.2 Å². The molecule has 11 heterocycles. The lowest BCUT2D eigenvalue weighted by atomic mass is 9.80. The number of imidazole rings is 2. The molecule has 26 heteroatoms. The molecule has 3 aliphatic rings. The van der Waals surface area contributed by atoms with Crippen LogP contribution in [0.1, 0.15) is 65.5 Å². The first kappa shape index (κ1) is 57.2. The Balaban J connectivity index is 0.000000149. The maximum absolute atomic E-state index is 14.6. The maximum Gasteiger partial charge on any atom is 0.498 e. The van der Waals surface area contributed by atoms with Gasteiger partial charge in [-0.3, -0.25) is 18.3 Å². The highest BCUT2D eigenvalue weighted by atomic mass is 35.5. The average Bonchev–Trinajstić information content (AvgIpc) is 4.26. The highest BCUT2D eigenvalue weighted by Crippen LogP contribution is 2.37. The number of rotatable bonds is 14. The normalized spacial score (nSPS) is 17.3. The molecule has 0 saturated carbocycles. The van der Waals surface area contributed by atoms with E-state index in [1.165, 1.54) is 21.2 Å². The molecule has 20 nitrogen and oxygen atoms in total. The van der Waals surface area contributed by atoms with Crippen LogP contribution >= 0.6 is 11.6 Å². The second-order valence-corrected chi connectivity index (χ2v) is 34.9. The standard InChI is InChI=1S/C23H29FN6O3Si.C16H25ClN4O3Si.C13H16BFN2O2/c1-34(2,3)12-11-33-15-28-19-14-25-21(17-13-26-29-8-4-5-18(24)20(17)29)27-22(19)30(23(28)31)16-6-9-32-10-7-16;1-25(2,3)9-8-24-11-20-13-10-18-15(17)19-14(13)21(16(20)22)12-4-6-23-7-5-12;1-12(2)13(3,4)19-14(18-12)9-8-16-17-7-5-6-10(15)11(9)17/h4-5,8,13-14,16H,6-7,9-12,15H2,1-3H3;10,12H,4-9,11H2,1-3H3;5-8H,1-4H3. The molecule has 0 aromatic carbocycles. The van der Waals surface area contributed by atoms with E-state index in [1.54, 1.807) is 67.6 Å². The largest absolute Gasteiger partial charge is 0.498 e. The van der Waals surface area contributed by atoms with Gasteiger partial charge in [0.05, 0.1) is 35.4 Å². The SMILES string of the molecule is CC1(C)OB(c2cnn3cccc(F)c23)OC1(C)C.C[Si](C)(C)CCOCn1c(=O)n(C2CCOCC2)c2nc(-c3cnn4cccc(F)c34)ncc21.C[Si](C)(C)CCOCn1c(=O)n(C2CCOCC2)c2nc(Cl)ncc21. The first-order chi connectivity index (χ1) is 37.0. The van der Waals surface area contributed by atoms with Crippen molar-refractivity contribution in [2.24, 2.45) is 0 Å². The van der Waals surface area contributed by atoms with Gasteiger partial charge in [0.25, 0.3) is 0 Å². The van der Waals surface area contributed by atoms with Gasteiger partial charge in [-0.15, -0.1) is 0 Å². The van der Waals surface area contributed by atoms with Gasteiger partial charge in [-0.25, -0.2) is 42.4 Å². The minimum Gasteiger partial charge on any atom is -0.399 e. The van der Waals surface area contributed by atoms with Crippen LogP contribution in [0.2, 0.25) is 56.7 Å². The van der Waals surface area contributed by atoms with Crippen LogP contribution < -0.4 is 16.8 Å². The number of fused-ring (bicyclic) bond motifs is 4. The van der Waals surface area contributed by atoms with Gasteiger partial charge in [0.1, 0.15) is 47.2 Å². The van der Waals surface area contributed by atoms with E-state index in [2.05, 4.69) is 64.4 Å². The first-order valence-corrected chi connectivity index (χ1v) is 34.3.